The molecule has 1 heterocycles. The molecule has 3 rings (SSSR count). The van der Waals surface area contributed by atoms with Crippen LogP contribution in [0.3, 0.4) is 0 Å². The first kappa shape index (κ1) is 17.5. The van der Waals surface area contributed by atoms with Crippen LogP contribution in [0.25, 0.3) is 0 Å². The van der Waals surface area contributed by atoms with Gasteiger partial charge in [0.2, 0.25) is 6.19 Å². The van der Waals surface area contributed by atoms with Crippen LogP contribution in [-0.4, -0.2) is 22.6 Å². The quantitative estimate of drug-likeness (QED) is 0.494. The maximum Gasteiger partial charge on any atom is 0.207 e. The number of rotatable bonds is 2. The van der Waals surface area contributed by atoms with Crippen molar-refractivity contribution in [2.24, 2.45) is 4.99 Å². The van der Waals surface area contributed by atoms with Gasteiger partial charge in [-0.3, -0.25) is 0 Å². The van der Waals surface area contributed by atoms with Crippen molar-refractivity contribution in [1.29, 1.82) is 10.5 Å². The number of hydrogen-bond acceptors (Lipinski definition) is 5. The number of aliphatic hydroxyl groups excluding tert-OH is 1. The maximum atomic E-state index is 10.9. The molecule has 2 aromatic rings. The van der Waals surface area contributed by atoms with Gasteiger partial charge in [0, 0.05) is 11.1 Å². The smallest absolute Gasteiger partial charge is 0.207 e. The van der Waals surface area contributed by atoms with E-state index >= 15 is 0 Å². The number of fused-ring (bicyclic) bond motifs is 1. The number of nitrogens with one attached hydrogen (secondary N) is 1. The SMILES string of the molecule is CC1(C)Oc2ccc(C#N)cc2[C@H](NC(=NC#N)c2ccccc2)[C@H]1O. The van der Waals surface area contributed by atoms with Gasteiger partial charge >= 0.3 is 0 Å². The van der Waals surface area contributed by atoms with Gasteiger partial charge in [-0.1, -0.05) is 30.3 Å². The van der Waals surface area contributed by atoms with Crippen molar-refractivity contribution >= 4 is 5.84 Å². The van der Waals surface area contributed by atoms with Crippen LogP contribution in [0.15, 0.2) is 53.5 Å². The molecule has 0 radical (unpaired) electrons. The van der Waals surface area contributed by atoms with Gasteiger partial charge in [0.25, 0.3) is 0 Å². The summed E-state index contributed by atoms with van der Waals surface area (Å²) in [6.45, 7) is 3.58. The number of nitrogens with zero attached hydrogens (tertiary/aromatic N) is 3. The minimum Gasteiger partial charge on any atom is -0.485 e. The van der Waals surface area contributed by atoms with E-state index in [0.29, 0.717) is 22.7 Å². The molecule has 6 nitrogen and oxygen atoms in total. The summed E-state index contributed by atoms with van der Waals surface area (Å²) in [5.74, 6) is 0.935. The van der Waals surface area contributed by atoms with Gasteiger partial charge in [-0.15, -0.1) is 0 Å². The zero-order chi connectivity index (χ0) is 18.7. The molecule has 6 heteroatoms. The summed E-state index contributed by atoms with van der Waals surface area (Å²) < 4.78 is 5.90. The molecule has 2 aromatic carbocycles. The van der Waals surface area contributed by atoms with Gasteiger partial charge < -0.3 is 15.2 Å². The summed E-state index contributed by atoms with van der Waals surface area (Å²) in [6, 6.07) is 15.8. The van der Waals surface area contributed by atoms with Crippen molar-refractivity contribution in [2.45, 2.75) is 31.6 Å². The summed E-state index contributed by atoms with van der Waals surface area (Å²) >= 11 is 0. The lowest BCUT2D eigenvalue weighted by Gasteiger charge is -2.42. The van der Waals surface area contributed by atoms with E-state index in [1.165, 1.54) is 0 Å². The zero-order valence-corrected chi connectivity index (χ0v) is 14.5. The molecule has 2 N–H and O–H groups in total. The average molecular weight is 346 g/mol. The van der Waals surface area contributed by atoms with E-state index in [1.54, 1.807) is 38.2 Å². The number of aliphatic imine (C=N–C) groups is 1. The normalized spacial score (nSPS) is 20.9. The Morgan fingerprint density at radius 1 is 1.19 bits per heavy atom. The molecule has 0 saturated carbocycles. The fourth-order valence-corrected chi connectivity index (χ4v) is 3.00. The highest BCUT2D eigenvalue weighted by Gasteiger charge is 2.43. The zero-order valence-electron chi connectivity index (χ0n) is 14.5. The molecular formula is C20H18N4O2. The van der Waals surface area contributed by atoms with Crippen LogP contribution in [-0.2, 0) is 0 Å². The van der Waals surface area contributed by atoms with E-state index in [-0.39, 0.29) is 0 Å². The highest BCUT2D eigenvalue weighted by molar-refractivity contribution is 5.99. The molecular weight excluding hydrogens is 328 g/mol. The summed E-state index contributed by atoms with van der Waals surface area (Å²) in [5, 5.41) is 32.3. The lowest BCUT2D eigenvalue weighted by Crippen LogP contribution is -2.53. The fraction of sp³-hybridized carbons (Fsp3) is 0.250. The van der Waals surface area contributed by atoms with Gasteiger partial charge in [0.05, 0.1) is 17.7 Å². The van der Waals surface area contributed by atoms with Crippen molar-refractivity contribution in [3.05, 3.63) is 65.2 Å². The van der Waals surface area contributed by atoms with Crippen LogP contribution in [0, 0.1) is 22.8 Å². The first-order valence-electron chi connectivity index (χ1n) is 8.16. The third-order valence-electron chi connectivity index (χ3n) is 4.38. The molecule has 0 aromatic heterocycles. The fourth-order valence-electron chi connectivity index (χ4n) is 3.00. The topological polar surface area (TPSA) is 101 Å². The number of benzene rings is 2. The number of aliphatic hydroxyl groups is 1. The highest BCUT2D eigenvalue weighted by atomic mass is 16.5. The third kappa shape index (κ3) is 3.23. The molecule has 0 bridgehead atoms. The standard InChI is InChI=1S/C20H18N4O2/c1-20(2)18(25)17(15-10-13(11-21)8-9-16(15)26-20)24-19(23-12-22)14-6-4-3-5-7-14/h3-10,17-18,25H,1-2H3,(H,23,24)/t17-,18+/m0/s1. The van der Waals surface area contributed by atoms with Gasteiger partial charge in [0.15, 0.2) is 0 Å². The lowest BCUT2D eigenvalue weighted by molar-refractivity contribution is -0.0610. The molecule has 0 amide bonds. The van der Waals surface area contributed by atoms with E-state index in [9.17, 15) is 10.4 Å². The molecule has 0 fully saturated rings. The highest BCUT2D eigenvalue weighted by Crippen LogP contribution is 2.40. The number of amidine groups is 1. The van der Waals surface area contributed by atoms with Crippen LogP contribution in [0.2, 0.25) is 0 Å². The van der Waals surface area contributed by atoms with E-state index < -0.39 is 17.7 Å². The molecule has 0 saturated heterocycles. The first-order chi connectivity index (χ1) is 12.5. The Hall–Kier alpha value is -3.35. The second-order valence-corrected chi connectivity index (χ2v) is 6.56. The Morgan fingerprint density at radius 2 is 1.92 bits per heavy atom. The number of nitriles is 2. The number of ether oxygens (including phenoxy) is 1. The summed E-state index contributed by atoms with van der Waals surface area (Å²) in [6.07, 6.45) is 0.878. The Morgan fingerprint density at radius 3 is 2.58 bits per heavy atom. The third-order valence-corrected chi connectivity index (χ3v) is 4.38. The predicted molar refractivity (Wildman–Crippen MR) is 96.3 cm³/mol. The predicted octanol–water partition coefficient (Wildman–Crippen LogP) is 2.65. The molecule has 0 unspecified atom stereocenters. The van der Waals surface area contributed by atoms with Crippen molar-refractivity contribution in [3.8, 4) is 18.0 Å². The van der Waals surface area contributed by atoms with Gasteiger partial charge in [-0.05, 0) is 32.0 Å². The first-order valence-corrected chi connectivity index (χ1v) is 8.16. The van der Waals surface area contributed by atoms with Gasteiger partial charge in [-0.2, -0.15) is 15.5 Å². The van der Waals surface area contributed by atoms with Gasteiger partial charge in [-0.25, -0.2) is 0 Å². The van der Waals surface area contributed by atoms with Crippen molar-refractivity contribution < 1.29 is 9.84 Å². The van der Waals surface area contributed by atoms with Crippen LogP contribution < -0.4 is 10.1 Å². The molecule has 0 spiro atoms. The second-order valence-electron chi connectivity index (χ2n) is 6.56. The van der Waals surface area contributed by atoms with Crippen LogP contribution in [0.1, 0.15) is 36.6 Å². The van der Waals surface area contributed by atoms with E-state index in [4.69, 9.17) is 10.00 Å². The summed E-state index contributed by atoms with van der Waals surface area (Å²) in [4.78, 5) is 3.88. The Balaban J connectivity index is 2.06. The number of hydrogen-bond donors (Lipinski definition) is 2. The molecule has 26 heavy (non-hydrogen) atoms. The maximum absolute atomic E-state index is 10.9. The Labute approximate surface area is 152 Å². The minimum absolute atomic E-state index is 0.350. The Bertz CT molecular complexity index is 923. The largest absolute Gasteiger partial charge is 0.485 e. The molecule has 0 aliphatic carbocycles. The van der Waals surface area contributed by atoms with E-state index in [1.807, 2.05) is 30.3 Å². The van der Waals surface area contributed by atoms with E-state index in [0.717, 1.165) is 5.56 Å². The Kier molecular flexibility index (Phi) is 4.62. The minimum atomic E-state index is -0.920. The summed E-state index contributed by atoms with van der Waals surface area (Å²) in [7, 11) is 0. The molecule has 1 aliphatic rings. The monoisotopic (exact) mass is 346 g/mol. The van der Waals surface area contributed by atoms with Gasteiger partial charge in [0.1, 0.15) is 23.3 Å². The van der Waals surface area contributed by atoms with E-state index in [2.05, 4.69) is 16.4 Å². The van der Waals surface area contributed by atoms with Crippen molar-refractivity contribution in [3.63, 3.8) is 0 Å². The molecule has 130 valence electrons. The van der Waals surface area contributed by atoms with Crippen LogP contribution in [0.4, 0.5) is 0 Å². The second kappa shape index (κ2) is 6.87. The van der Waals surface area contributed by atoms with Crippen LogP contribution in [0.5, 0.6) is 5.75 Å². The average Bonchev–Trinajstić information content (AvgIpc) is 2.65. The van der Waals surface area contributed by atoms with Crippen molar-refractivity contribution in [2.75, 3.05) is 0 Å². The molecule has 1 aliphatic heterocycles. The molecule has 2 atom stereocenters. The van der Waals surface area contributed by atoms with Crippen molar-refractivity contribution in [1.82, 2.24) is 5.32 Å². The lowest BCUT2D eigenvalue weighted by atomic mass is 9.85. The summed E-state index contributed by atoms with van der Waals surface area (Å²) in [5.41, 5.74) is 0.985. The van der Waals surface area contributed by atoms with Crippen LogP contribution >= 0.6 is 0 Å².